The second-order valence-corrected chi connectivity index (χ2v) is 4.36. The van der Waals surface area contributed by atoms with Crippen molar-refractivity contribution in [2.24, 2.45) is 0 Å². The minimum absolute atomic E-state index is 0.00998. The third-order valence-corrected chi connectivity index (χ3v) is 2.88. The van der Waals surface area contributed by atoms with E-state index in [-0.39, 0.29) is 11.3 Å². The van der Waals surface area contributed by atoms with Gasteiger partial charge >= 0.3 is 5.97 Å². The zero-order valence-corrected chi connectivity index (χ0v) is 11.6. The Labute approximate surface area is 121 Å². The Morgan fingerprint density at radius 2 is 2.00 bits per heavy atom. The molecule has 21 heavy (non-hydrogen) atoms. The SMILES string of the molecule is COc1ccc(C(=O)O)c(NC(=O)c2ccc(C)nc2)c1. The van der Waals surface area contributed by atoms with E-state index in [1.807, 2.05) is 6.92 Å². The van der Waals surface area contributed by atoms with Crippen molar-refractivity contribution >= 4 is 17.6 Å². The van der Waals surface area contributed by atoms with Gasteiger partial charge in [0.25, 0.3) is 5.91 Å². The van der Waals surface area contributed by atoms with E-state index in [2.05, 4.69) is 10.3 Å². The molecule has 6 heteroatoms. The lowest BCUT2D eigenvalue weighted by atomic mass is 10.1. The molecule has 0 bridgehead atoms. The second-order valence-electron chi connectivity index (χ2n) is 4.36. The Hall–Kier alpha value is -2.89. The van der Waals surface area contributed by atoms with Crippen molar-refractivity contribution < 1.29 is 19.4 Å². The molecule has 1 aromatic heterocycles. The number of pyridine rings is 1. The highest BCUT2D eigenvalue weighted by atomic mass is 16.5. The molecular weight excluding hydrogens is 272 g/mol. The minimum Gasteiger partial charge on any atom is -0.497 e. The number of amides is 1. The van der Waals surface area contributed by atoms with Crippen LogP contribution in [0.15, 0.2) is 36.5 Å². The summed E-state index contributed by atoms with van der Waals surface area (Å²) in [6.45, 7) is 1.81. The number of hydrogen-bond acceptors (Lipinski definition) is 4. The first kappa shape index (κ1) is 14.5. The van der Waals surface area contributed by atoms with Gasteiger partial charge in [-0.05, 0) is 31.2 Å². The summed E-state index contributed by atoms with van der Waals surface area (Å²) in [7, 11) is 1.46. The molecule has 1 heterocycles. The molecule has 0 saturated heterocycles. The molecule has 1 amide bonds. The number of hydrogen-bond donors (Lipinski definition) is 2. The maximum atomic E-state index is 12.1. The fourth-order valence-electron chi connectivity index (χ4n) is 1.74. The average molecular weight is 286 g/mol. The summed E-state index contributed by atoms with van der Waals surface area (Å²) in [6.07, 6.45) is 1.44. The number of carboxylic acids is 1. The molecule has 0 unspecified atom stereocenters. The first-order valence-corrected chi connectivity index (χ1v) is 6.16. The van der Waals surface area contributed by atoms with E-state index in [9.17, 15) is 9.59 Å². The highest BCUT2D eigenvalue weighted by molar-refractivity contribution is 6.07. The Bertz CT molecular complexity index is 681. The van der Waals surface area contributed by atoms with Crippen LogP contribution >= 0.6 is 0 Å². The van der Waals surface area contributed by atoms with Gasteiger partial charge in [-0.15, -0.1) is 0 Å². The van der Waals surface area contributed by atoms with Gasteiger partial charge in [-0.25, -0.2) is 4.79 Å². The van der Waals surface area contributed by atoms with E-state index >= 15 is 0 Å². The number of ether oxygens (including phenoxy) is 1. The van der Waals surface area contributed by atoms with Gasteiger partial charge in [0.1, 0.15) is 5.75 Å². The van der Waals surface area contributed by atoms with Gasteiger partial charge in [-0.1, -0.05) is 0 Å². The van der Waals surface area contributed by atoms with Crippen molar-refractivity contribution in [1.82, 2.24) is 4.98 Å². The van der Waals surface area contributed by atoms with Gasteiger partial charge in [0, 0.05) is 18.0 Å². The summed E-state index contributed by atoms with van der Waals surface area (Å²) in [6, 6.07) is 7.69. The van der Waals surface area contributed by atoms with Crippen LogP contribution in [0.5, 0.6) is 5.75 Å². The number of carbonyl (C=O) groups is 2. The third kappa shape index (κ3) is 3.36. The van der Waals surface area contributed by atoms with Crippen LogP contribution in [0.25, 0.3) is 0 Å². The van der Waals surface area contributed by atoms with E-state index < -0.39 is 11.9 Å². The van der Waals surface area contributed by atoms with E-state index in [1.54, 1.807) is 12.1 Å². The number of carbonyl (C=O) groups excluding carboxylic acids is 1. The van der Waals surface area contributed by atoms with Crippen molar-refractivity contribution in [2.75, 3.05) is 12.4 Å². The number of benzene rings is 1. The summed E-state index contributed by atoms with van der Waals surface area (Å²) in [5, 5.41) is 11.7. The van der Waals surface area contributed by atoms with Crippen LogP contribution in [0.1, 0.15) is 26.4 Å². The topological polar surface area (TPSA) is 88.5 Å². The molecule has 2 N–H and O–H groups in total. The fourth-order valence-corrected chi connectivity index (χ4v) is 1.74. The summed E-state index contributed by atoms with van der Waals surface area (Å²) >= 11 is 0. The molecule has 1 aromatic carbocycles. The predicted octanol–water partition coefficient (Wildman–Crippen LogP) is 2.35. The Kier molecular flexibility index (Phi) is 4.18. The number of methoxy groups -OCH3 is 1. The van der Waals surface area contributed by atoms with Crippen LogP contribution in [-0.2, 0) is 0 Å². The molecule has 0 aliphatic heterocycles. The summed E-state index contributed by atoms with van der Waals surface area (Å²) in [5.41, 5.74) is 1.30. The standard InChI is InChI=1S/C15H14N2O4/c1-9-3-4-10(8-16-9)14(18)17-13-7-11(21-2)5-6-12(13)15(19)20/h3-8H,1-2H3,(H,17,18)(H,19,20). The molecule has 0 radical (unpaired) electrons. The smallest absolute Gasteiger partial charge is 0.337 e. The lowest BCUT2D eigenvalue weighted by Gasteiger charge is -2.10. The maximum absolute atomic E-state index is 12.1. The van der Waals surface area contributed by atoms with Gasteiger partial charge in [-0.3, -0.25) is 9.78 Å². The number of nitrogens with one attached hydrogen (secondary N) is 1. The number of aromatic nitrogens is 1. The normalized spacial score (nSPS) is 10.0. The molecule has 2 aromatic rings. The van der Waals surface area contributed by atoms with Crippen molar-refractivity contribution in [1.29, 1.82) is 0 Å². The van der Waals surface area contributed by atoms with Crippen LogP contribution < -0.4 is 10.1 Å². The van der Waals surface area contributed by atoms with Gasteiger partial charge < -0.3 is 15.2 Å². The first-order chi connectivity index (χ1) is 10.0. The van der Waals surface area contributed by atoms with Crippen LogP contribution in [0.4, 0.5) is 5.69 Å². The van der Waals surface area contributed by atoms with Gasteiger partial charge in [0.2, 0.25) is 0 Å². The second kappa shape index (κ2) is 6.04. The van der Waals surface area contributed by atoms with Gasteiger partial charge in [0.05, 0.1) is 23.9 Å². The van der Waals surface area contributed by atoms with Crippen molar-refractivity contribution in [3.8, 4) is 5.75 Å². The van der Waals surface area contributed by atoms with E-state index in [0.717, 1.165) is 5.69 Å². The quantitative estimate of drug-likeness (QED) is 0.900. The Morgan fingerprint density at radius 1 is 1.24 bits per heavy atom. The summed E-state index contributed by atoms with van der Waals surface area (Å²) < 4.78 is 5.04. The molecule has 0 atom stereocenters. The maximum Gasteiger partial charge on any atom is 0.337 e. The number of aryl methyl sites for hydroxylation is 1. The molecule has 0 fully saturated rings. The molecule has 6 nitrogen and oxygen atoms in total. The lowest BCUT2D eigenvalue weighted by molar-refractivity contribution is 0.0698. The van der Waals surface area contributed by atoms with E-state index in [0.29, 0.717) is 11.3 Å². The van der Waals surface area contributed by atoms with Crippen LogP contribution in [0.2, 0.25) is 0 Å². The minimum atomic E-state index is -1.13. The molecule has 2 rings (SSSR count). The number of anilines is 1. The lowest BCUT2D eigenvalue weighted by Crippen LogP contribution is -2.15. The van der Waals surface area contributed by atoms with E-state index in [4.69, 9.17) is 9.84 Å². The highest BCUT2D eigenvalue weighted by Crippen LogP contribution is 2.23. The molecule has 0 aliphatic carbocycles. The average Bonchev–Trinajstić information content (AvgIpc) is 2.47. The molecule has 0 saturated carbocycles. The van der Waals surface area contributed by atoms with Gasteiger partial charge in [-0.2, -0.15) is 0 Å². The number of carboxylic acid groups (broad SMARTS) is 1. The zero-order valence-electron chi connectivity index (χ0n) is 11.6. The first-order valence-electron chi connectivity index (χ1n) is 6.16. The molecule has 0 aliphatic rings. The van der Waals surface area contributed by atoms with Crippen molar-refractivity contribution in [2.45, 2.75) is 6.92 Å². The monoisotopic (exact) mass is 286 g/mol. The number of nitrogens with zero attached hydrogens (tertiary/aromatic N) is 1. The third-order valence-electron chi connectivity index (χ3n) is 2.88. The highest BCUT2D eigenvalue weighted by Gasteiger charge is 2.14. The Balaban J connectivity index is 2.31. The molecule has 108 valence electrons. The van der Waals surface area contributed by atoms with Crippen molar-refractivity contribution in [3.63, 3.8) is 0 Å². The largest absolute Gasteiger partial charge is 0.497 e. The number of aromatic carboxylic acids is 1. The van der Waals surface area contributed by atoms with Crippen molar-refractivity contribution in [3.05, 3.63) is 53.3 Å². The fraction of sp³-hybridized carbons (Fsp3) is 0.133. The van der Waals surface area contributed by atoms with Crippen LogP contribution in [0.3, 0.4) is 0 Å². The summed E-state index contributed by atoms with van der Waals surface area (Å²) in [4.78, 5) is 27.3. The van der Waals surface area contributed by atoms with Crippen LogP contribution in [-0.4, -0.2) is 29.1 Å². The molecule has 0 spiro atoms. The molecular formula is C15H14N2O4. The van der Waals surface area contributed by atoms with Gasteiger partial charge in [0.15, 0.2) is 0 Å². The Morgan fingerprint density at radius 3 is 2.57 bits per heavy atom. The van der Waals surface area contributed by atoms with Crippen LogP contribution in [0, 0.1) is 6.92 Å². The van der Waals surface area contributed by atoms with E-state index in [1.165, 1.54) is 31.5 Å². The number of rotatable bonds is 4. The summed E-state index contributed by atoms with van der Waals surface area (Å²) in [5.74, 6) is -1.11. The predicted molar refractivity (Wildman–Crippen MR) is 76.9 cm³/mol. The zero-order chi connectivity index (χ0) is 15.4.